The van der Waals surface area contributed by atoms with Crippen LogP contribution in [0.2, 0.25) is 0 Å². The molecule has 34 heavy (non-hydrogen) atoms. The molecule has 0 unspecified atom stereocenters. The molecule has 0 aliphatic carbocycles. The maximum atomic E-state index is 5.93. The Bertz CT molecular complexity index is 527. The van der Waals surface area contributed by atoms with Crippen molar-refractivity contribution in [3.63, 3.8) is 0 Å². The molecule has 198 valence electrons. The molecule has 0 aliphatic rings. The van der Waals surface area contributed by atoms with E-state index in [-0.39, 0.29) is 0 Å². The van der Waals surface area contributed by atoms with Gasteiger partial charge in [-0.2, -0.15) is 0 Å². The van der Waals surface area contributed by atoms with Gasteiger partial charge < -0.3 is 10.2 Å². The number of nitrogens with two attached hydrogens (primary N) is 1. The Labute approximate surface area is 214 Å². The summed E-state index contributed by atoms with van der Waals surface area (Å²) in [7, 11) is 2.50. The van der Waals surface area contributed by atoms with Crippen LogP contribution in [-0.2, 0) is 6.54 Å². The fourth-order valence-electron chi connectivity index (χ4n) is 5.30. The highest BCUT2D eigenvalue weighted by molar-refractivity contribution is 5.39. The average Bonchev–Trinajstić information content (AvgIpc) is 2.83. The van der Waals surface area contributed by atoms with Crippen LogP contribution in [0.5, 0.6) is 0 Å². The van der Waals surface area contributed by atoms with Crippen molar-refractivity contribution in [3.05, 3.63) is 29.8 Å². The van der Waals surface area contributed by atoms with Gasteiger partial charge in [-0.25, -0.2) is 0 Å². The molecule has 0 radical (unpaired) electrons. The predicted octanol–water partition coefficient (Wildman–Crippen LogP) is 10.1. The van der Waals surface area contributed by atoms with E-state index in [9.17, 15) is 0 Å². The summed E-state index contributed by atoms with van der Waals surface area (Å²) < 4.78 is 1.19. The number of hydrogen-bond acceptors (Lipinski definition) is 1. The van der Waals surface area contributed by atoms with Crippen LogP contribution >= 0.6 is 0 Å². The van der Waals surface area contributed by atoms with Crippen molar-refractivity contribution in [3.8, 4) is 0 Å². The van der Waals surface area contributed by atoms with Crippen LogP contribution in [0, 0.1) is 0 Å². The van der Waals surface area contributed by atoms with Crippen LogP contribution in [0.25, 0.3) is 0 Å². The van der Waals surface area contributed by atoms with E-state index in [1.165, 1.54) is 152 Å². The molecule has 0 saturated carbocycles. The standard InChI is InChI=1S/C32H61N2/c1-4-6-8-10-12-14-16-18-20-22-28-34(3,30-31-24-26-32(33)27-25-31)29-23-21-19-17-15-13-11-9-7-5-2/h24-27H,4-23,28-30,33H2,1-3H3/q+1. The lowest BCUT2D eigenvalue weighted by molar-refractivity contribution is -0.923. The third kappa shape index (κ3) is 17.4. The minimum atomic E-state index is 0.877. The molecular weight excluding hydrogens is 412 g/mol. The minimum absolute atomic E-state index is 0.877. The summed E-state index contributed by atoms with van der Waals surface area (Å²) in [6.45, 7) is 8.39. The summed E-state index contributed by atoms with van der Waals surface area (Å²) in [6.07, 6.45) is 28.4. The Morgan fingerprint density at radius 3 is 1.18 bits per heavy atom. The number of nitrogens with zero attached hydrogens (tertiary/aromatic N) is 1. The van der Waals surface area contributed by atoms with Crippen LogP contribution in [0.4, 0.5) is 5.69 Å². The van der Waals surface area contributed by atoms with Crippen molar-refractivity contribution in [2.24, 2.45) is 0 Å². The molecule has 2 nitrogen and oxygen atoms in total. The van der Waals surface area contributed by atoms with Crippen molar-refractivity contribution in [2.75, 3.05) is 25.9 Å². The first kappa shape index (κ1) is 31.0. The van der Waals surface area contributed by atoms with Crippen LogP contribution in [0.15, 0.2) is 24.3 Å². The summed E-state index contributed by atoms with van der Waals surface area (Å²) in [6, 6.07) is 8.62. The van der Waals surface area contributed by atoms with Gasteiger partial charge in [0.25, 0.3) is 0 Å². The molecule has 2 heteroatoms. The van der Waals surface area contributed by atoms with Gasteiger partial charge in [0.1, 0.15) is 6.54 Å². The minimum Gasteiger partial charge on any atom is -0.399 e. The third-order valence-electron chi connectivity index (χ3n) is 7.65. The van der Waals surface area contributed by atoms with Crippen molar-refractivity contribution in [2.45, 2.75) is 149 Å². The molecule has 0 amide bonds. The first-order chi connectivity index (χ1) is 16.6. The number of rotatable bonds is 24. The Kier molecular flexibility index (Phi) is 19.4. The van der Waals surface area contributed by atoms with Crippen molar-refractivity contribution < 1.29 is 4.48 Å². The molecule has 0 bridgehead atoms. The maximum absolute atomic E-state index is 5.93. The highest BCUT2D eigenvalue weighted by atomic mass is 15.3. The number of hydrogen-bond donors (Lipinski definition) is 1. The van der Waals surface area contributed by atoms with Gasteiger partial charge in [0.05, 0.1) is 20.1 Å². The smallest absolute Gasteiger partial charge is 0.104 e. The van der Waals surface area contributed by atoms with Gasteiger partial charge in [0.15, 0.2) is 0 Å². The summed E-state index contributed by atoms with van der Waals surface area (Å²) in [5.74, 6) is 0. The summed E-state index contributed by atoms with van der Waals surface area (Å²) in [5, 5.41) is 0. The Morgan fingerprint density at radius 2 is 0.824 bits per heavy atom. The van der Waals surface area contributed by atoms with Gasteiger partial charge in [0, 0.05) is 11.3 Å². The molecule has 0 spiro atoms. The number of nitrogen functional groups attached to an aromatic ring is 1. The van der Waals surface area contributed by atoms with Gasteiger partial charge >= 0.3 is 0 Å². The molecule has 2 N–H and O–H groups in total. The van der Waals surface area contributed by atoms with Crippen LogP contribution in [-0.4, -0.2) is 24.6 Å². The molecular formula is C32H61N2+. The van der Waals surface area contributed by atoms with Crippen molar-refractivity contribution in [1.29, 1.82) is 0 Å². The Hall–Kier alpha value is -1.02. The normalized spacial score (nSPS) is 11.9. The van der Waals surface area contributed by atoms with Crippen LogP contribution in [0.3, 0.4) is 0 Å². The Morgan fingerprint density at radius 1 is 0.500 bits per heavy atom. The van der Waals surface area contributed by atoms with E-state index in [1.807, 2.05) is 0 Å². The molecule has 1 aromatic rings. The molecule has 0 fully saturated rings. The highest BCUT2D eigenvalue weighted by Gasteiger charge is 2.21. The number of anilines is 1. The van der Waals surface area contributed by atoms with E-state index in [2.05, 4.69) is 45.2 Å². The lowest BCUT2D eigenvalue weighted by Gasteiger charge is -2.35. The zero-order chi connectivity index (χ0) is 24.7. The van der Waals surface area contributed by atoms with Gasteiger partial charge in [0.2, 0.25) is 0 Å². The van der Waals surface area contributed by atoms with Gasteiger partial charge in [-0.3, -0.25) is 0 Å². The lowest BCUT2D eigenvalue weighted by atomic mass is 10.0. The van der Waals surface area contributed by atoms with Crippen molar-refractivity contribution in [1.82, 2.24) is 0 Å². The zero-order valence-corrected chi connectivity index (χ0v) is 23.6. The number of benzene rings is 1. The molecule has 0 saturated heterocycles. The van der Waals surface area contributed by atoms with E-state index < -0.39 is 0 Å². The fourth-order valence-corrected chi connectivity index (χ4v) is 5.30. The topological polar surface area (TPSA) is 26.0 Å². The Balaban J connectivity index is 2.27. The second-order valence-electron chi connectivity index (χ2n) is 11.3. The lowest BCUT2D eigenvalue weighted by Crippen LogP contribution is -2.44. The second kappa shape index (κ2) is 21.3. The molecule has 0 heterocycles. The fraction of sp³-hybridized carbons (Fsp3) is 0.812. The SMILES string of the molecule is CCCCCCCCCCCC[N+](C)(CCCCCCCCCCCC)Cc1ccc(N)cc1. The van der Waals surface area contributed by atoms with Crippen LogP contribution < -0.4 is 5.73 Å². The van der Waals surface area contributed by atoms with E-state index in [0.29, 0.717) is 0 Å². The van der Waals surface area contributed by atoms with E-state index in [4.69, 9.17) is 5.73 Å². The summed E-state index contributed by atoms with van der Waals surface area (Å²) >= 11 is 0. The molecule has 1 rings (SSSR count). The van der Waals surface area contributed by atoms with Crippen LogP contribution in [0.1, 0.15) is 148 Å². The number of unbranched alkanes of at least 4 members (excludes halogenated alkanes) is 18. The zero-order valence-electron chi connectivity index (χ0n) is 23.6. The third-order valence-corrected chi connectivity index (χ3v) is 7.65. The summed E-state index contributed by atoms with van der Waals surface area (Å²) in [4.78, 5) is 0. The molecule has 1 aromatic carbocycles. The van der Waals surface area contributed by atoms with Gasteiger partial charge in [-0.05, 0) is 37.8 Å². The molecule has 0 aromatic heterocycles. The quantitative estimate of drug-likeness (QED) is 0.0901. The number of quaternary nitrogens is 1. The molecule has 0 aliphatic heterocycles. The largest absolute Gasteiger partial charge is 0.399 e. The highest BCUT2D eigenvalue weighted by Crippen LogP contribution is 2.19. The van der Waals surface area contributed by atoms with Gasteiger partial charge in [-0.15, -0.1) is 0 Å². The van der Waals surface area contributed by atoms with Gasteiger partial charge in [-0.1, -0.05) is 129 Å². The van der Waals surface area contributed by atoms with E-state index >= 15 is 0 Å². The first-order valence-corrected chi connectivity index (χ1v) is 15.3. The maximum Gasteiger partial charge on any atom is 0.104 e. The average molecular weight is 474 g/mol. The summed E-state index contributed by atoms with van der Waals surface area (Å²) in [5.41, 5.74) is 8.25. The first-order valence-electron chi connectivity index (χ1n) is 15.3. The molecule has 0 atom stereocenters. The van der Waals surface area contributed by atoms with E-state index in [0.717, 1.165) is 12.2 Å². The monoisotopic (exact) mass is 473 g/mol. The second-order valence-corrected chi connectivity index (χ2v) is 11.3. The van der Waals surface area contributed by atoms with Crippen molar-refractivity contribution >= 4 is 5.69 Å². The predicted molar refractivity (Wildman–Crippen MR) is 154 cm³/mol. The van der Waals surface area contributed by atoms with E-state index in [1.54, 1.807) is 0 Å².